The zero-order chi connectivity index (χ0) is 25.2. The van der Waals surface area contributed by atoms with Crippen molar-refractivity contribution in [1.82, 2.24) is 20.2 Å². The van der Waals surface area contributed by atoms with Gasteiger partial charge in [0.2, 0.25) is 0 Å². The molecule has 8 nitrogen and oxygen atoms in total. The molecule has 0 aliphatic carbocycles. The van der Waals surface area contributed by atoms with Crippen LogP contribution in [0.5, 0.6) is 11.5 Å². The first-order valence-electron chi connectivity index (χ1n) is 10.8. The van der Waals surface area contributed by atoms with Crippen LogP contribution in [0, 0.1) is 6.92 Å². The number of benzene rings is 3. The Balaban J connectivity index is 1.31. The van der Waals surface area contributed by atoms with Gasteiger partial charge in [-0.1, -0.05) is 40.9 Å². The molecule has 0 radical (unpaired) electrons. The van der Waals surface area contributed by atoms with Gasteiger partial charge in [0.25, 0.3) is 5.95 Å². The van der Waals surface area contributed by atoms with Gasteiger partial charge in [-0.25, -0.2) is 5.43 Å². The van der Waals surface area contributed by atoms with Gasteiger partial charge in [-0.2, -0.15) is 10.1 Å². The molecule has 182 valence electrons. The number of aryl methyl sites for hydroxylation is 1. The smallest absolute Gasteiger partial charge is 0.265 e. The molecule has 5 aromatic rings. The summed E-state index contributed by atoms with van der Waals surface area (Å²) in [6, 6.07) is 15.1. The molecule has 0 bridgehead atoms. The summed E-state index contributed by atoms with van der Waals surface area (Å²) in [5.41, 5.74) is 7.92. The van der Waals surface area contributed by atoms with E-state index in [1.54, 1.807) is 25.5 Å². The normalized spacial score (nSPS) is 11.5. The highest BCUT2D eigenvalue weighted by molar-refractivity contribution is 9.10. The van der Waals surface area contributed by atoms with Crippen LogP contribution in [-0.4, -0.2) is 33.5 Å². The van der Waals surface area contributed by atoms with E-state index in [0.717, 1.165) is 27.6 Å². The molecule has 0 aliphatic heterocycles. The number of aromatic nitrogens is 4. The number of nitrogens with zero attached hydrogens (tertiary/aromatic N) is 4. The van der Waals surface area contributed by atoms with Gasteiger partial charge in [-0.3, -0.25) is 0 Å². The number of fused-ring (bicyclic) bond motifs is 3. The van der Waals surface area contributed by atoms with Crippen LogP contribution in [0.1, 0.15) is 16.7 Å². The Morgan fingerprint density at radius 3 is 2.75 bits per heavy atom. The molecule has 0 atom stereocenters. The number of rotatable bonds is 7. The fourth-order valence-corrected chi connectivity index (χ4v) is 4.53. The maximum atomic E-state index is 6.10. The van der Waals surface area contributed by atoms with Gasteiger partial charge in [0.1, 0.15) is 12.1 Å². The molecule has 3 aromatic carbocycles. The van der Waals surface area contributed by atoms with Gasteiger partial charge in [0, 0.05) is 10.9 Å². The summed E-state index contributed by atoms with van der Waals surface area (Å²) >= 11 is 15.6. The van der Waals surface area contributed by atoms with Crippen LogP contribution in [0.3, 0.4) is 0 Å². The summed E-state index contributed by atoms with van der Waals surface area (Å²) in [6.07, 6.45) is 1.62. The van der Waals surface area contributed by atoms with Gasteiger partial charge in [-0.05, 0) is 70.4 Å². The first-order chi connectivity index (χ1) is 17.4. The predicted molar refractivity (Wildman–Crippen MR) is 147 cm³/mol. The fourth-order valence-electron chi connectivity index (χ4n) is 3.64. The van der Waals surface area contributed by atoms with E-state index in [1.807, 2.05) is 37.3 Å². The highest BCUT2D eigenvalue weighted by atomic mass is 79.9. The number of nitrogens with one attached hydrogen (secondary N) is 2. The first kappa shape index (κ1) is 24.3. The van der Waals surface area contributed by atoms with Gasteiger partial charge >= 0.3 is 0 Å². The van der Waals surface area contributed by atoms with Gasteiger partial charge in [0.05, 0.1) is 27.8 Å². The second-order valence-electron chi connectivity index (χ2n) is 7.95. The minimum atomic E-state index is 0.273. The molecule has 0 saturated carbocycles. The molecule has 0 fully saturated rings. The van der Waals surface area contributed by atoms with E-state index in [2.05, 4.69) is 52.7 Å². The average Bonchev–Trinajstić information content (AvgIpc) is 3.22. The first-order valence-corrected chi connectivity index (χ1v) is 12.3. The summed E-state index contributed by atoms with van der Waals surface area (Å²) < 4.78 is 12.2. The number of halogens is 3. The van der Waals surface area contributed by atoms with Crippen LogP contribution in [0.4, 0.5) is 5.95 Å². The van der Waals surface area contributed by atoms with Crippen molar-refractivity contribution in [1.29, 1.82) is 0 Å². The molecule has 11 heteroatoms. The standard InChI is InChI=1S/C25H19BrCl2N6O2/c1-13-3-6-20-16(7-13)22-24(30-20)31-25(34-32-22)33-29-11-15-8-17(26)23(21(10-15)35-2)36-12-14-4-5-18(27)19(28)9-14/h3-11H,12H2,1-2H3,(H2,30,31,33,34)/b29-11+. The molecule has 0 unspecified atom stereocenters. The van der Waals surface area contributed by atoms with Gasteiger partial charge < -0.3 is 14.5 Å². The van der Waals surface area contributed by atoms with Crippen molar-refractivity contribution in [3.05, 3.63) is 79.7 Å². The van der Waals surface area contributed by atoms with Crippen molar-refractivity contribution < 1.29 is 9.47 Å². The number of H-pyrrole nitrogens is 1. The lowest BCUT2D eigenvalue weighted by molar-refractivity contribution is 0.282. The third-order valence-electron chi connectivity index (χ3n) is 5.37. The van der Waals surface area contributed by atoms with Crippen molar-refractivity contribution in [3.8, 4) is 11.5 Å². The zero-order valence-corrected chi connectivity index (χ0v) is 22.2. The van der Waals surface area contributed by atoms with E-state index in [1.165, 1.54) is 0 Å². The van der Waals surface area contributed by atoms with E-state index in [0.29, 0.717) is 43.8 Å². The maximum Gasteiger partial charge on any atom is 0.265 e. The molecule has 0 spiro atoms. The SMILES string of the molecule is COc1cc(/C=N/Nc2nnc3c(n2)[nH]c2ccc(C)cc23)cc(Br)c1OCc1ccc(Cl)c(Cl)c1. The van der Waals surface area contributed by atoms with Crippen LogP contribution >= 0.6 is 39.1 Å². The number of methoxy groups -OCH3 is 1. The Labute approximate surface area is 224 Å². The second-order valence-corrected chi connectivity index (χ2v) is 9.62. The third-order valence-corrected chi connectivity index (χ3v) is 6.70. The van der Waals surface area contributed by atoms with Gasteiger partial charge in [0.15, 0.2) is 17.1 Å². The predicted octanol–water partition coefficient (Wildman–Crippen LogP) is 6.92. The van der Waals surface area contributed by atoms with Crippen molar-refractivity contribution in [3.63, 3.8) is 0 Å². The van der Waals surface area contributed by atoms with Crippen LogP contribution in [0.2, 0.25) is 10.0 Å². The lowest BCUT2D eigenvalue weighted by Gasteiger charge is -2.14. The van der Waals surface area contributed by atoms with Crippen molar-refractivity contribution in [2.75, 3.05) is 12.5 Å². The molecule has 5 rings (SSSR count). The number of hydrogen-bond donors (Lipinski definition) is 2. The Bertz CT molecular complexity index is 1620. The Morgan fingerprint density at radius 2 is 1.94 bits per heavy atom. The molecule has 36 heavy (non-hydrogen) atoms. The Kier molecular flexibility index (Phi) is 6.95. The summed E-state index contributed by atoms with van der Waals surface area (Å²) in [6.45, 7) is 2.33. The number of hydrogen-bond acceptors (Lipinski definition) is 7. The van der Waals surface area contributed by atoms with Crippen LogP contribution in [0.25, 0.3) is 22.1 Å². The number of anilines is 1. The largest absolute Gasteiger partial charge is 0.493 e. The maximum absolute atomic E-state index is 6.10. The molecule has 2 N–H and O–H groups in total. The minimum absolute atomic E-state index is 0.273. The fraction of sp³-hybridized carbons (Fsp3) is 0.120. The molecular formula is C25H19BrCl2N6O2. The number of aromatic amines is 1. The molecule has 0 aliphatic rings. The lowest BCUT2D eigenvalue weighted by atomic mass is 10.2. The zero-order valence-electron chi connectivity index (χ0n) is 19.1. The topological polar surface area (TPSA) is 97.3 Å². The Hall–Kier alpha value is -3.40. The van der Waals surface area contributed by atoms with Crippen LogP contribution < -0.4 is 14.9 Å². The summed E-state index contributed by atoms with van der Waals surface area (Å²) in [7, 11) is 1.57. The van der Waals surface area contributed by atoms with Crippen molar-refractivity contribution >= 4 is 73.4 Å². The molecule has 2 heterocycles. The second kappa shape index (κ2) is 10.3. The average molecular weight is 586 g/mol. The molecular weight excluding hydrogens is 567 g/mol. The summed E-state index contributed by atoms with van der Waals surface area (Å²) in [4.78, 5) is 7.73. The Morgan fingerprint density at radius 1 is 1.08 bits per heavy atom. The monoisotopic (exact) mass is 584 g/mol. The molecule has 0 amide bonds. The van der Waals surface area contributed by atoms with E-state index < -0.39 is 0 Å². The number of hydrazone groups is 1. The third kappa shape index (κ3) is 5.09. The quantitative estimate of drug-likeness (QED) is 0.159. The molecule has 2 aromatic heterocycles. The van der Waals surface area contributed by atoms with Crippen LogP contribution in [-0.2, 0) is 6.61 Å². The van der Waals surface area contributed by atoms with Gasteiger partial charge in [-0.15, -0.1) is 10.2 Å². The molecule has 0 saturated heterocycles. The highest BCUT2D eigenvalue weighted by Crippen LogP contribution is 2.37. The van der Waals surface area contributed by atoms with Crippen molar-refractivity contribution in [2.45, 2.75) is 13.5 Å². The number of ether oxygens (including phenoxy) is 2. The summed E-state index contributed by atoms with van der Waals surface area (Å²) in [5.74, 6) is 1.37. The van der Waals surface area contributed by atoms with E-state index >= 15 is 0 Å². The summed E-state index contributed by atoms with van der Waals surface area (Å²) in [5, 5.41) is 14.6. The van der Waals surface area contributed by atoms with Crippen molar-refractivity contribution in [2.24, 2.45) is 5.10 Å². The highest BCUT2D eigenvalue weighted by Gasteiger charge is 2.13. The lowest BCUT2D eigenvalue weighted by Crippen LogP contribution is -2.01. The van der Waals surface area contributed by atoms with E-state index in [9.17, 15) is 0 Å². The van der Waals surface area contributed by atoms with Crippen LogP contribution in [0.15, 0.2) is 58.1 Å². The van der Waals surface area contributed by atoms with E-state index in [4.69, 9.17) is 32.7 Å². The van der Waals surface area contributed by atoms with E-state index in [-0.39, 0.29) is 5.95 Å². The minimum Gasteiger partial charge on any atom is -0.493 e.